The third-order valence-electron chi connectivity index (χ3n) is 5.38. The third kappa shape index (κ3) is 4.87. The van der Waals surface area contributed by atoms with Crippen molar-refractivity contribution in [2.45, 2.75) is 25.2 Å². The largest absolute Gasteiger partial charge is 0.298 e. The van der Waals surface area contributed by atoms with Gasteiger partial charge in [0.25, 0.3) is 5.91 Å². The van der Waals surface area contributed by atoms with E-state index in [1.54, 1.807) is 16.4 Å². The lowest BCUT2D eigenvalue weighted by Crippen LogP contribution is -2.42. The second kappa shape index (κ2) is 8.90. The van der Waals surface area contributed by atoms with E-state index in [4.69, 9.17) is 0 Å². The van der Waals surface area contributed by atoms with E-state index in [-0.39, 0.29) is 10.8 Å². The van der Waals surface area contributed by atoms with Gasteiger partial charge in [0.1, 0.15) is 0 Å². The summed E-state index contributed by atoms with van der Waals surface area (Å²) in [5.74, 6) is 0.350. The molecule has 0 bridgehead atoms. The van der Waals surface area contributed by atoms with Gasteiger partial charge >= 0.3 is 0 Å². The summed E-state index contributed by atoms with van der Waals surface area (Å²) >= 11 is 1.35. The monoisotopic (exact) mass is 455 g/mol. The summed E-state index contributed by atoms with van der Waals surface area (Å²) in [6.07, 6.45) is 1.04. The summed E-state index contributed by atoms with van der Waals surface area (Å²) in [6.45, 7) is 5.21. The number of benzene rings is 2. The van der Waals surface area contributed by atoms with Crippen LogP contribution in [0.2, 0.25) is 0 Å². The predicted octanol–water partition coefficient (Wildman–Crippen LogP) is 4.73. The molecule has 8 heteroatoms. The molecule has 1 aliphatic heterocycles. The number of rotatable bonds is 5. The van der Waals surface area contributed by atoms with E-state index >= 15 is 0 Å². The minimum atomic E-state index is -3.57. The van der Waals surface area contributed by atoms with E-state index in [0.29, 0.717) is 35.6 Å². The maximum Gasteiger partial charge on any atom is 0.257 e. The summed E-state index contributed by atoms with van der Waals surface area (Å²) in [6, 6.07) is 15.8. The van der Waals surface area contributed by atoms with Crippen LogP contribution >= 0.6 is 11.3 Å². The number of thiazole rings is 1. The first-order valence-electron chi connectivity index (χ1n) is 10.3. The molecule has 3 aromatic rings. The quantitative estimate of drug-likeness (QED) is 0.603. The number of anilines is 1. The average Bonchev–Trinajstić information content (AvgIpc) is 3.22. The van der Waals surface area contributed by atoms with Crippen LogP contribution in [0.4, 0.5) is 5.13 Å². The Morgan fingerprint density at radius 2 is 1.68 bits per heavy atom. The molecule has 1 amide bonds. The van der Waals surface area contributed by atoms with E-state index in [1.165, 1.54) is 23.5 Å². The van der Waals surface area contributed by atoms with Crippen molar-refractivity contribution in [3.05, 3.63) is 65.5 Å². The van der Waals surface area contributed by atoms with Crippen LogP contribution in [0.25, 0.3) is 11.3 Å². The number of carbonyl (C=O) groups excluding carboxylic acids is 1. The third-order valence-corrected chi connectivity index (χ3v) is 7.99. The Kier molecular flexibility index (Phi) is 6.22. The zero-order valence-electron chi connectivity index (χ0n) is 17.5. The van der Waals surface area contributed by atoms with Crippen LogP contribution in [-0.4, -0.2) is 36.7 Å². The molecule has 1 aromatic heterocycles. The van der Waals surface area contributed by atoms with E-state index < -0.39 is 10.0 Å². The van der Waals surface area contributed by atoms with Crippen molar-refractivity contribution in [1.82, 2.24) is 9.29 Å². The van der Waals surface area contributed by atoms with Crippen LogP contribution < -0.4 is 5.32 Å². The molecule has 1 fully saturated rings. The first kappa shape index (κ1) is 21.7. The van der Waals surface area contributed by atoms with E-state index in [9.17, 15) is 13.2 Å². The SMILES string of the molecule is CC1CC(C)CN(S(=O)(=O)c2ccc(C(=O)Nc3nc(-c4ccccc4)cs3)cc2)C1. The van der Waals surface area contributed by atoms with Gasteiger partial charge in [-0.1, -0.05) is 44.2 Å². The van der Waals surface area contributed by atoms with Gasteiger partial charge in [-0.2, -0.15) is 4.31 Å². The normalized spacial score (nSPS) is 19.8. The van der Waals surface area contributed by atoms with Crippen molar-refractivity contribution in [3.63, 3.8) is 0 Å². The molecule has 1 aliphatic rings. The van der Waals surface area contributed by atoms with E-state index in [1.807, 2.05) is 35.7 Å². The number of hydrogen-bond acceptors (Lipinski definition) is 5. The van der Waals surface area contributed by atoms with Gasteiger partial charge in [0, 0.05) is 29.6 Å². The van der Waals surface area contributed by atoms with Crippen molar-refractivity contribution >= 4 is 32.4 Å². The van der Waals surface area contributed by atoms with E-state index in [2.05, 4.69) is 24.1 Å². The molecule has 162 valence electrons. The van der Waals surface area contributed by atoms with Crippen LogP contribution in [0.3, 0.4) is 0 Å². The van der Waals surface area contributed by atoms with Crippen molar-refractivity contribution in [2.75, 3.05) is 18.4 Å². The van der Waals surface area contributed by atoms with Crippen molar-refractivity contribution in [1.29, 1.82) is 0 Å². The Morgan fingerprint density at radius 3 is 2.32 bits per heavy atom. The lowest BCUT2D eigenvalue weighted by Gasteiger charge is -2.34. The fourth-order valence-corrected chi connectivity index (χ4v) is 6.37. The topological polar surface area (TPSA) is 79.4 Å². The summed E-state index contributed by atoms with van der Waals surface area (Å²) in [5.41, 5.74) is 2.17. The summed E-state index contributed by atoms with van der Waals surface area (Å²) < 4.78 is 27.6. The van der Waals surface area contributed by atoms with Gasteiger partial charge in [0.15, 0.2) is 5.13 Å². The first-order chi connectivity index (χ1) is 14.8. The van der Waals surface area contributed by atoms with Gasteiger partial charge in [-0.3, -0.25) is 10.1 Å². The molecule has 2 aromatic carbocycles. The number of hydrogen-bond donors (Lipinski definition) is 1. The molecule has 0 radical (unpaired) electrons. The highest BCUT2D eigenvalue weighted by molar-refractivity contribution is 7.89. The zero-order chi connectivity index (χ0) is 22.0. The number of piperidine rings is 1. The van der Waals surface area contributed by atoms with Crippen molar-refractivity contribution in [3.8, 4) is 11.3 Å². The standard InChI is InChI=1S/C23H25N3O3S2/c1-16-12-17(2)14-26(13-16)31(28,29)20-10-8-19(9-11-20)22(27)25-23-24-21(15-30-23)18-6-4-3-5-7-18/h3-11,15-17H,12-14H2,1-2H3,(H,24,25,27). The highest BCUT2D eigenvalue weighted by atomic mass is 32.2. The van der Waals surface area contributed by atoms with Crippen LogP contribution in [0, 0.1) is 11.8 Å². The Morgan fingerprint density at radius 1 is 1.03 bits per heavy atom. The molecule has 1 saturated heterocycles. The minimum Gasteiger partial charge on any atom is -0.298 e. The number of nitrogens with one attached hydrogen (secondary N) is 1. The first-order valence-corrected chi connectivity index (χ1v) is 12.6. The van der Waals surface area contributed by atoms with Crippen molar-refractivity contribution < 1.29 is 13.2 Å². The molecule has 2 unspecified atom stereocenters. The lowest BCUT2D eigenvalue weighted by molar-refractivity contribution is 0.102. The minimum absolute atomic E-state index is 0.214. The van der Waals surface area contributed by atoms with Crippen LogP contribution in [0.15, 0.2) is 64.9 Å². The number of carbonyl (C=O) groups is 1. The molecular formula is C23H25N3O3S2. The molecular weight excluding hydrogens is 430 g/mol. The van der Waals surface area contributed by atoms with Gasteiger partial charge in [0.2, 0.25) is 10.0 Å². The zero-order valence-corrected chi connectivity index (χ0v) is 19.1. The summed E-state index contributed by atoms with van der Waals surface area (Å²) in [4.78, 5) is 17.3. The highest BCUT2D eigenvalue weighted by Gasteiger charge is 2.31. The van der Waals surface area contributed by atoms with Gasteiger partial charge in [0.05, 0.1) is 10.6 Å². The van der Waals surface area contributed by atoms with E-state index in [0.717, 1.165) is 17.7 Å². The summed E-state index contributed by atoms with van der Waals surface area (Å²) in [5, 5.41) is 5.18. The predicted molar refractivity (Wildman–Crippen MR) is 124 cm³/mol. The lowest BCUT2D eigenvalue weighted by atomic mass is 9.94. The maximum atomic E-state index is 13.0. The Balaban J connectivity index is 1.45. The number of aromatic nitrogens is 1. The fourth-order valence-electron chi connectivity index (χ4n) is 3.97. The molecule has 31 heavy (non-hydrogen) atoms. The second-order valence-corrected chi connectivity index (χ2v) is 10.9. The Hall–Kier alpha value is -2.55. The van der Waals surface area contributed by atoms with Crippen LogP contribution in [0.5, 0.6) is 0 Å². The van der Waals surface area contributed by atoms with Crippen LogP contribution in [0.1, 0.15) is 30.6 Å². The highest BCUT2D eigenvalue weighted by Crippen LogP contribution is 2.27. The number of nitrogens with zero attached hydrogens (tertiary/aromatic N) is 2. The molecule has 2 atom stereocenters. The smallest absolute Gasteiger partial charge is 0.257 e. The van der Waals surface area contributed by atoms with Gasteiger partial charge in [-0.15, -0.1) is 11.3 Å². The fraction of sp³-hybridized carbons (Fsp3) is 0.304. The summed E-state index contributed by atoms with van der Waals surface area (Å²) in [7, 11) is -3.57. The maximum absolute atomic E-state index is 13.0. The van der Waals surface area contributed by atoms with Crippen molar-refractivity contribution in [2.24, 2.45) is 11.8 Å². The Labute approximate surface area is 187 Å². The number of amides is 1. The Bertz CT molecular complexity index is 1150. The molecule has 0 aliphatic carbocycles. The van der Waals surface area contributed by atoms with Crippen LogP contribution in [-0.2, 0) is 10.0 Å². The van der Waals surface area contributed by atoms with Gasteiger partial charge in [-0.25, -0.2) is 13.4 Å². The molecule has 2 heterocycles. The second-order valence-electron chi connectivity index (χ2n) is 8.15. The average molecular weight is 456 g/mol. The van der Waals surface area contributed by atoms with Gasteiger partial charge < -0.3 is 0 Å². The number of sulfonamides is 1. The van der Waals surface area contributed by atoms with Gasteiger partial charge in [-0.05, 0) is 42.5 Å². The molecule has 4 rings (SSSR count). The molecule has 0 saturated carbocycles. The molecule has 1 N–H and O–H groups in total. The molecule has 0 spiro atoms. The molecule has 6 nitrogen and oxygen atoms in total.